The van der Waals surface area contributed by atoms with Crippen LogP contribution in [0.1, 0.15) is 45.1 Å². The zero-order valence-corrected chi connectivity index (χ0v) is 20.3. The summed E-state index contributed by atoms with van der Waals surface area (Å²) in [7, 11) is 0. The van der Waals surface area contributed by atoms with Crippen LogP contribution in [0.2, 0.25) is 10.0 Å². The standard InChI is InChI=1S/C22H24Cl2N2O5S/c1-4-6-9-31-21(28)16-15(13-8-7-12(23)10-14(13)24)17(22(29)30-5-2)20-26(18(16)25)19(27)11(3)32-20/h7-8,10-11,15H,4-6,9,25H2,1-3H3. The van der Waals surface area contributed by atoms with Crippen molar-refractivity contribution in [2.45, 2.75) is 44.8 Å². The van der Waals surface area contributed by atoms with Crippen molar-refractivity contribution in [3.05, 3.63) is 55.8 Å². The van der Waals surface area contributed by atoms with Crippen LogP contribution in [0.5, 0.6) is 0 Å². The van der Waals surface area contributed by atoms with Crippen molar-refractivity contribution in [1.29, 1.82) is 0 Å². The van der Waals surface area contributed by atoms with E-state index in [1.807, 2.05) is 6.92 Å². The van der Waals surface area contributed by atoms with Crippen molar-refractivity contribution in [2.24, 2.45) is 5.73 Å². The van der Waals surface area contributed by atoms with Gasteiger partial charge in [0.15, 0.2) is 0 Å². The van der Waals surface area contributed by atoms with E-state index < -0.39 is 23.1 Å². The third-order valence-electron chi connectivity index (χ3n) is 5.10. The molecule has 172 valence electrons. The largest absolute Gasteiger partial charge is 0.463 e. The molecule has 10 heteroatoms. The first-order valence-corrected chi connectivity index (χ1v) is 11.9. The lowest BCUT2D eigenvalue weighted by Gasteiger charge is -2.33. The molecule has 2 atom stereocenters. The lowest BCUT2D eigenvalue weighted by Crippen LogP contribution is -2.40. The summed E-state index contributed by atoms with van der Waals surface area (Å²) in [5.41, 5.74) is 6.91. The van der Waals surface area contributed by atoms with Crippen LogP contribution in [0.15, 0.2) is 40.2 Å². The summed E-state index contributed by atoms with van der Waals surface area (Å²) in [6, 6.07) is 4.75. The maximum absolute atomic E-state index is 13.2. The van der Waals surface area contributed by atoms with Gasteiger partial charge in [0.1, 0.15) is 5.82 Å². The fraction of sp³-hybridized carbons (Fsp3) is 0.409. The number of carbonyl (C=O) groups excluding carboxylic acids is 3. The van der Waals surface area contributed by atoms with Crippen molar-refractivity contribution in [1.82, 2.24) is 4.90 Å². The quantitative estimate of drug-likeness (QED) is 0.440. The van der Waals surface area contributed by atoms with Gasteiger partial charge in [0.05, 0.1) is 40.6 Å². The van der Waals surface area contributed by atoms with Crippen LogP contribution in [0, 0.1) is 0 Å². The Morgan fingerprint density at radius 3 is 2.47 bits per heavy atom. The first kappa shape index (κ1) is 24.5. The molecule has 3 rings (SSSR count). The van der Waals surface area contributed by atoms with Crippen molar-refractivity contribution >= 4 is 52.8 Å². The Labute approximate surface area is 200 Å². The molecule has 0 spiro atoms. The van der Waals surface area contributed by atoms with Crippen molar-refractivity contribution in [3.8, 4) is 0 Å². The molecule has 2 aliphatic heterocycles. The summed E-state index contributed by atoms with van der Waals surface area (Å²) < 4.78 is 10.7. The molecule has 2 aliphatic rings. The number of ether oxygens (including phenoxy) is 2. The van der Waals surface area contributed by atoms with Gasteiger partial charge in [-0.05, 0) is 38.0 Å². The number of unbranched alkanes of at least 4 members (excludes halogenated alkanes) is 1. The molecule has 2 heterocycles. The van der Waals surface area contributed by atoms with Gasteiger partial charge in [-0.15, -0.1) is 0 Å². The molecule has 0 radical (unpaired) electrons. The summed E-state index contributed by atoms with van der Waals surface area (Å²) in [6.07, 6.45) is 1.48. The van der Waals surface area contributed by atoms with Gasteiger partial charge in [-0.25, -0.2) is 9.59 Å². The number of fused-ring (bicyclic) bond motifs is 1. The zero-order valence-electron chi connectivity index (χ0n) is 17.9. The first-order chi connectivity index (χ1) is 15.2. The Hall–Kier alpha value is -2.16. The van der Waals surface area contributed by atoms with Crippen molar-refractivity contribution in [3.63, 3.8) is 0 Å². The van der Waals surface area contributed by atoms with Gasteiger partial charge in [0.25, 0.3) is 0 Å². The van der Waals surface area contributed by atoms with E-state index in [4.69, 9.17) is 38.4 Å². The number of carbonyl (C=O) groups is 3. The van der Waals surface area contributed by atoms with Gasteiger partial charge in [-0.2, -0.15) is 0 Å². The Kier molecular flexibility index (Phi) is 7.79. The average molecular weight is 499 g/mol. The van der Waals surface area contributed by atoms with Gasteiger partial charge in [-0.1, -0.05) is 54.4 Å². The Morgan fingerprint density at radius 2 is 1.84 bits per heavy atom. The molecule has 0 bridgehead atoms. The predicted molar refractivity (Wildman–Crippen MR) is 124 cm³/mol. The number of hydrogen-bond donors (Lipinski definition) is 1. The third kappa shape index (κ3) is 4.49. The fourth-order valence-corrected chi connectivity index (χ4v) is 5.25. The molecule has 1 fully saturated rings. The highest BCUT2D eigenvalue weighted by Crippen LogP contribution is 2.51. The topological polar surface area (TPSA) is 98.9 Å². The molecule has 2 unspecified atom stereocenters. The number of thioether (sulfide) groups is 1. The predicted octanol–water partition coefficient (Wildman–Crippen LogP) is 4.34. The lowest BCUT2D eigenvalue weighted by molar-refractivity contribution is -0.140. The highest BCUT2D eigenvalue weighted by molar-refractivity contribution is 8.04. The van der Waals surface area contributed by atoms with E-state index in [2.05, 4.69) is 0 Å². The van der Waals surface area contributed by atoms with E-state index in [0.717, 1.165) is 6.42 Å². The molecule has 32 heavy (non-hydrogen) atoms. The second-order valence-corrected chi connectivity index (χ2v) is 9.43. The first-order valence-electron chi connectivity index (χ1n) is 10.3. The van der Waals surface area contributed by atoms with E-state index in [-0.39, 0.29) is 41.1 Å². The lowest BCUT2D eigenvalue weighted by atomic mass is 9.82. The maximum Gasteiger partial charge on any atom is 0.338 e. The van der Waals surface area contributed by atoms with Crippen LogP contribution in [0.25, 0.3) is 0 Å². The van der Waals surface area contributed by atoms with Crippen LogP contribution < -0.4 is 5.73 Å². The summed E-state index contributed by atoms with van der Waals surface area (Å²) >= 11 is 13.7. The summed E-state index contributed by atoms with van der Waals surface area (Å²) in [4.78, 5) is 40.4. The second-order valence-electron chi connectivity index (χ2n) is 7.26. The van der Waals surface area contributed by atoms with E-state index in [9.17, 15) is 14.4 Å². The maximum atomic E-state index is 13.2. The Balaban J connectivity index is 2.26. The monoisotopic (exact) mass is 498 g/mol. The molecule has 1 amide bonds. The molecular weight excluding hydrogens is 475 g/mol. The summed E-state index contributed by atoms with van der Waals surface area (Å²) in [5.74, 6) is -2.77. The SMILES string of the molecule is CCCCOC(=O)C1=C(N)N2C(=O)C(C)SC2=C(C(=O)OCC)C1c1ccc(Cl)cc1Cl. The summed E-state index contributed by atoms with van der Waals surface area (Å²) in [5, 5.41) is 0.473. The minimum Gasteiger partial charge on any atom is -0.463 e. The zero-order chi connectivity index (χ0) is 23.6. The highest BCUT2D eigenvalue weighted by atomic mass is 35.5. The molecular formula is C22H24Cl2N2O5S. The molecule has 1 aromatic rings. The number of amides is 1. The Morgan fingerprint density at radius 1 is 1.16 bits per heavy atom. The van der Waals surface area contributed by atoms with Crippen LogP contribution >= 0.6 is 35.0 Å². The minimum atomic E-state index is -0.982. The van der Waals surface area contributed by atoms with E-state index in [1.165, 1.54) is 22.7 Å². The molecule has 0 aliphatic carbocycles. The van der Waals surface area contributed by atoms with Crippen LogP contribution in [0.3, 0.4) is 0 Å². The molecule has 2 N–H and O–H groups in total. The highest BCUT2D eigenvalue weighted by Gasteiger charge is 2.49. The van der Waals surface area contributed by atoms with Gasteiger partial charge in [0, 0.05) is 10.0 Å². The molecule has 1 saturated heterocycles. The Bertz CT molecular complexity index is 1020. The number of hydrogen-bond acceptors (Lipinski definition) is 7. The molecule has 0 saturated carbocycles. The number of nitrogens with zero attached hydrogens (tertiary/aromatic N) is 1. The average Bonchev–Trinajstić information content (AvgIpc) is 3.02. The minimum absolute atomic E-state index is 0.0276. The molecule has 7 nitrogen and oxygen atoms in total. The van der Waals surface area contributed by atoms with Gasteiger partial charge in [-0.3, -0.25) is 9.69 Å². The second kappa shape index (κ2) is 10.2. The number of benzene rings is 1. The van der Waals surface area contributed by atoms with Crippen molar-refractivity contribution in [2.75, 3.05) is 13.2 Å². The van der Waals surface area contributed by atoms with E-state index in [0.29, 0.717) is 22.0 Å². The molecule has 0 aromatic heterocycles. The van der Waals surface area contributed by atoms with Gasteiger partial charge >= 0.3 is 11.9 Å². The van der Waals surface area contributed by atoms with Gasteiger partial charge < -0.3 is 15.2 Å². The van der Waals surface area contributed by atoms with Crippen LogP contribution in [0.4, 0.5) is 0 Å². The van der Waals surface area contributed by atoms with Crippen molar-refractivity contribution < 1.29 is 23.9 Å². The number of nitrogens with two attached hydrogens (primary N) is 1. The fourth-order valence-electron chi connectivity index (χ4n) is 3.57. The number of rotatable bonds is 7. The number of esters is 2. The van der Waals surface area contributed by atoms with Crippen LogP contribution in [-0.2, 0) is 23.9 Å². The van der Waals surface area contributed by atoms with Crippen LogP contribution in [-0.4, -0.2) is 41.2 Å². The summed E-state index contributed by atoms with van der Waals surface area (Å²) in [6.45, 7) is 5.64. The smallest absolute Gasteiger partial charge is 0.338 e. The van der Waals surface area contributed by atoms with E-state index >= 15 is 0 Å². The van der Waals surface area contributed by atoms with Gasteiger partial charge in [0.2, 0.25) is 5.91 Å². The normalized spacial score (nSPS) is 20.5. The molecule has 1 aromatic carbocycles. The number of halogens is 2. The third-order valence-corrected chi connectivity index (χ3v) is 6.85. The van der Waals surface area contributed by atoms with E-state index in [1.54, 1.807) is 26.0 Å².